The summed E-state index contributed by atoms with van der Waals surface area (Å²) in [6.07, 6.45) is 10.3. The lowest BCUT2D eigenvalue weighted by atomic mass is 9.94. The van der Waals surface area contributed by atoms with Gasteiger partial charge >= 0.3 is 0 Å². The van der Waals surface area contributed by atoms with Gasteiger partial charge in [0.15, 0.2) is 5.96 Å². The van der Waals surface area contributed by atoms with Crippen molar-refractivity contribution < 1.29 is 0 Å². The Morgan fingerprint density at radius 2 is 1.91 bits per heavy atom. The molecule has 4 nitrogen and oxygen atoms in total. The van der Waals surface area contributed by atoms with E-state index in [0.717, 1.165) is 25.1 Å². The highest BCUT2D eigenvalue weighted by Crippen LogP contribution is 2.21. The maximum atomic E-state index is 4.30. The Labute approximate surface area is 141 Å². The van der Waals surface area contributed by atoms with Gasteiger partial charge in [0, 0.05) is 30.9 Å². The molecule has 5 heteroatoms. The predicted octanol–water partition coefficient (Wildman–Crippen LogP) is 2.95. The number of thioether (sulfide) groups is 1. The molecule has 130 valence electrons. The molecule has 1 aliphatic carbocycles. The van der Waals surface area contributed by atoms with Crippen molar-refractivity contribution in [1.82, 2.24) is 15.5 Å². The fourth-order valence-corrected chi connectivity index (χ4v) is 3.05. The fourth-order valence-electron chi connectivity index (χ4n) is 2.83. The van der Waals surface area contributed by atoms with Crippen molar-refractivity contribution in [2.75, 3.05) is 40.0 Å². The summed E-state index contributed by atoms with van der Waals surface area (Å²) in [6, 6.07) is 0.813. The SMILES string of the molecule is CN=C(NCCCN(C)C1CCCCC1)NCC(C)(C)SC. The molecule has 1 rings (SSSR count). The second kappa shape index (κ2) is 10.4. The van der Waals surface area contributed by atoms with Gasteiger partial charge in [-0.15, -0.1) is 0 Å². The van der Waals surface area contributed by atoms with E-state index < -0.39 is 0 Å². The van der Waals surface area contributed by atoms with Crippen LogP contribution in [-0.4, -0.2) is 61.6 Å². The first-order valence-corrected chi connectivity index (χ1v) is 9.91. The molecule has 0 heterocycles. The lowest BCUT2D eigenvalue weighted by Crippen LogP contribution is -2.44. The van der Waals surface area contributed by atoms with Gasteiger partial charge in [-0.1, -0.05) is 19.3 Å². The Hall–Kier alpha value is -0.420. The third-order valence-corrected chi connectivity index (χ3v) is 5.89. The van der Waals surface area contributed by atoms with Crippen molar-refractivity contribution >= 4 is 17.7 Å². The predicted molar refractivity (Wildman–Crippen MR) is 101 cm³/mol. The van der Waals surface area contributed by atoms with Crippen LogP contribution in [0.4, 0.5) is 0 Å². The summed E-state index contributed by atoms with van der Waals surface area (Å²) >= 11 is 1.88. The molecule has 1 fully saturated rings. The van der Waals surface area contributed by atoms with E-state index in [1.165, 1.54) is 45.1 Å². The van der Waals surface area contributed by atoms with Crippen molar-refractivity contribution in [3.63, 3.8) is 0 Å². The van der Waals surface area contributed by atoms with Gasteiger partial charge in [0.05, 0.1) is 0 Å². The highest BCUT2D eigenvalue weighted by atomic mass is 32.2. The molecule has 0 unspecified atom stereocenters. The first kappa shape index (κ1) is 19.6. The zero-order valence-corrected chi connectivity index (χ0v) is 16.1. The molecule has 0 saturated heterocycles. The number of hydrogen-bond acceptors (Lipinski definition) is 3. The fraction of sp³-hybridized carbons (Fsp3) is 0.941. The van der Waals surface area contributed by atoms with E-state index in [0.29, 0.717) is 0 Å². The molecule has 0 aromatic carbocycles. The zero-order valence-electron chi connectivity index (χ0n) is 15.2. The third kappa shape index (κ3) is 7.73. The quantitative estimate of drug-likeness (QED) is 0.408. The van der Waals surface area contributed by atoms with Gasteiger partial charge in [-0.25, -0.2) is 0 Å². The molecule has 0 radical (unpaired) electrons. The van der Waals surface area contributed by atoms with Crippen LogP contribution in [0.15, 0.2) is 4.99 Å². The second-order valence-corrected chi connectivity index (χ2v) is 8.46. The van der Waals surface area contributed by atoms with Gasteiger partial charge in [0.2, 0.25) is 0 Å². The van der Waals surface area contributed by atoms with Crippen LogP contribution in [0, 0.1) is 0 Å². The van der Waals surface area contributed by atoms with Gasteiger partial charge in [0.1, 0.15) is 0 Å². The van der Waals surface area contributed by atoms with Crippen molar-refractivity contribution in [2.24, 2.45) is 4.99 Å². The number of nitrogens with zero attached hydrogens (tertiary/aromatic N) is 2. The van der Waals surface area contributed by atoms with Crippen LogP contribution < -0.4 is 10.6 Å². The van der Waals surface area contributed by atoms with Crippen LogP contribution in [0.3, 0.4) is 0 Å². The minimum atomic E-state index is 0.235. The van der Waals surface area contributed by atoms with E-state index in [4.69, 9.17) is 0 Å². The summed E-state index contributed by atoms with van der Waals surface area (Å²) in [7, 11) is 4.12. The number of guanidine groups is 1. The van der Waals surface area contributed by atoms with Gasteiger partial charge in [-0.2, -0.15) is 11.8 Å². The van der Waals surface area contributed by atoms with Crippen LogP contribution in [0.25, 0.3) is 0 Å². The van der Waals surface area contributed by atoms with Crippen LogP contribution in [0.2, 0.25) is 0 Å². The minimum absolute atomic E-state index is 0.235. The van der Waals surface area contributed by atoms with Crippen LogP contribution >= 0.6 is 11.8 Å². The van der Waals surface area contributed by atoms with E-state index in [1.54, 1.807) is 0 Å². The average Bonchev–Trinajstić information content (AvgIpc) is 2.54. The lowest BCUT2D eigenvalue weighted by Gasteiger charge is -2.31. The van der Waals surface area contributed by atoms with Gasteiger partial charge < -0.3 is 15.5 Å². The molecule has 22 heavy (non-hydrogen) atoms. The second-order valence-electron chi connectivity index (χ2n) is 6.94. The first-order chi connectivity index (χ1) is 10.5. The molecule has 1 aliphatic rings. The molecule has 0 aromatic heterocycles. The average molecular weight is 329 g/mol. The minimum Gasteiger partial charge on any atom is -0.356 e. The molecular weight excluding hydrogens is 292 g/mol. The standard InChI is InChI=1S/C17H36N4S/c1-17(2,22-5)14-20-16(18-3)19-12-9-13-21(4)15-10-7-6-8-11-15/h15H,6-14H2,1-5H3,(H2,18,19,20). The number of rotatable bonds is 8. The highest BCUT2D eigenvalue weighted by Gasteiger charge is 2.18. The Kier molecular flexibility index (Phi) is 9.25. The van der Waals surface area contributed by atoms with E-state index in [-0.39, 0.29) is 4.75 Å². The topological polar surface area (TPSA) is 39.7 Å². The van der Waals surface area contributed by atoms with Crippen LogP contribution in [-0.2, 0) is 0 Å². The summed E-state index contributed by atoms with van der Waals surface area (Å²) in [5.41, 5.74) is 0. The lowest BCUT2D eigenvalue weighted by molar-refractivity contribution is 0.190. The summed E-state index contributed by atoms with van der Waals surface area (Å²) in [4.78, 5) is 6.85. The zero-order chi connectivity index (χ0) is 16.4. The normalized spacial score (nSPS) is 17.8. The highest BCUT2D eigenvalue weighted by molar-refractivity contribution is 7.99. The van der Waals surface area contributed by atoms with Crippen molar-refractivity contribution in [3.05, 3.63) is 0 Å². The summed E-state index contributed by atoms with van der Waals surface area (Å²) in [5.74, 6) is 0.919. The van der Waals surface area contributed by atoms with E-state index in [2.05, 4.69) is 47.7 Å². The number of nitrogens with one attached hydrogen (secondary N) is 2. The van der Waals surface area contributed by atoms with Crippen molar-refractivity contribution in [1.29, 1.82) is 0 Å². The van der Waals surface area contributed by atoms with E-state index in [9.17, 15) is 0 Å². The summed E-state index contributed by atoms with van der Waals surface area (Å²) in [5, 5.41) is 6.84. The van der Waals surface area contributed by atoms with E-state index in [1.807, 2.05) is 18.8 Å². The number of aliphatic imine (C=N–C) groups is 1. The molecule has 2 N–H and O–H groups in total. The molecule has 0 bridgehead atoms. The monoisotopic (exact) mass is 328 g/mol. The smallest absolute Gasteiger partial charge is 0.191 e. The Balaban J connectivity index is 2.16. The van der Waals surface area contributed by atoms with Crippen LogP contribution in [0.5, 0.6) is 0 Å². The maximum Gasteiger partial charge on any atom is 0.191 e. The maximum absolute atomic E-state index is 4.30. The summed E-state index contributed by atoms with van der Waals surface area (Å²) in [6.45, 7) is 7.57. The molecule has 0 aliphatic heterocycles. The van der Waals surface area contributed by atoms with Crippen molar-refractivity contribution in [3.8, 4) is 0 Å². The molecule has 0 amide bonds. The Morgan fingerprint density at radius 3 is 2.50 bits per heavy atom. The Morgan fingerprint density at radius 1 is 1.23 bits per heavy atom. The van der Waals surface area contributed by atoms with E-state index >= 15 is 0 Å². The van der Waals surface area contributed by atoms with Gasteiger partial charge in [0.25, 0.3) is 0 Å². The molecule has 0 aromatic rings. The van der Waals surface area contributed by atoms with Gasteiger partial charge in [-0.05, 0) is 53.0 Å². The first-order valence-electron chi connectivity index (χ1n) is 8.68. The summed E-state index contributed by atoms with van der Waals surface area (Å²) < 4.78 is 0.235. The van der Waals surface area contributed by atoms with Gasteiger partial charge in [-0.3, -0.25) is 4.99 Å². The van der Waals surface area contributed by atoms with Crippen molar-refractivity contribution in [2.45, 2.75) is 63.2 Å². The molecule has 0 atom stereocenters. The number of hydrogen-bond donors (Lipinski definition) is 2. The third-order valence-electron chi connectivity index (χ3n) is 4.64. The molecule has 1 saturated carbocycles. The Bertz CT molecular complexity index is 325. The molecular formula is C17H36N4S. The largest absolute Gasteiger partial charge is 0.356 e. The van der Waals surface area contributed by atoms with Crippen LogP contribution in [0.1, 0.15) is 52.4 Å². The molecule has 0 spiro atoms.